The lowest BCUT2D eigenvalue weighted by molar-refractivity contribution is -0.118. The second kappa shape index (κ2) is 12.5. The number of aromatic nitrogens is 3. The van der Waals surface area contributed by atoms with Crippen LogP contribution in [0, 0.1) is 0 Å². The van der Waals surface area contributed by atoms with Crippen LogP contribution in [0.1, 0.15) is 5.76 Å². The number of carbonyl (C=O) groups is 1. The lowest BCUT2D eigenvalue weighted by Crippen LogP contribution is -2.19. The summed E-state index contributed by atoms with van der Waals surface area (Å²) < 4.78 is 23.5. The summed E-state index contributed by atoms with van der Waals surface area (Å²) in [4.78, 5) is 12.4. The van der Waals surface area contributed by atoms with Gasteiger partial charge in [0.05, 0.1) is 33.3 Å². The van der Waals surface area contributed by atoms with Crippen LogP contribution in [0.15, 0.2) is 81.6 Å². The Morgan fingerprint density at radius 2 is 1.81 bits per heavy atom. The van der Waals surface area contributed by atoms with E-state index >= 15 is 0 Å². The minimum Gasteiger partial charge on any atom is -0.493 e. The predicted molar refractivity (Wildman–Crippen MR) is 142 cm³/mol. The van der Waals surface area contributed by atoms with Crippen LogP contribution in [0.3, 0.4) is 0 Å². The van der Waals surface area contributed by atoms with Crippen LogP contribution in [0.5, 0.6) is 17.2 Å². The Kier molecular flexibility index (Phi) is 8.61. The Morgan fingerprint density at radius 1 is 1.05 bits per heavy atom. The summed E-state index contributed by atoms with van der Waals surface area (Å²) in [5, 5.41) is 13.2. The van der Waals surface area contributed by atoms with E-state index in [4.69, 9.17) is 18.6 Å². The van der Waals surface area contributed by atoms with Crippen molar-refractivity contribution in [3.05, 3.63) is 72.7 Å². The van der Waals surface area contributed by atoms with Gasteiger partial charge in [0.25, 0.3) is 5.91 Å². The molecule has 0 unspecified atom stereocenters. The third-order valence-corrected chi connectivity index (χ3v) is 5.99. The molecule has 0 radical (unpaired) electrons. The number of allylic oxidation sites excluding steroid dienone is 1. The number of hydrogen-bond acceptors (Lipinski definition) is 9. The Morgan fingerprint density at radius 3 is 2.46 bits per heavy atom. The Labute approximate surface area is 217 Å². The summed E-state index contributed by atoms with van der Waals surface area (Å²) in [7, 11) is 4.65. The monoisotopic (exact) mass is 519 g/mol. The number of nitrogens with zero attached hydrogens (tertiary/aromatic N) is 4. The lowest BCUT2D eigenvalue weighted by Gasteiger charge is -2.15. The van der Waals surface area contributed by atoms with Gasteiger partial charge in [0.1, 0.15) is 5.76 Å². The maximum atomic E-state index is 12.4. The molecule has 11 heteroatoms. The van der Waals surface area contributed by atoms with E-state index in [0.717, 1.165) is 5.69 Å². The highest BCUT2D eigenvalue weighted by Crippen LogP contribution is 2.41. The van der Waals surface area contributed by atoms with Gasteiger partial charge in [0, 0.05) is 17.5 Å². The van der Waals surface area contributed by atoms with E-state index in [0.29, 0.717) is 39.6 Å². The molecule has 10 nitrogen and oxygen atoms in total. The van der Waals surface area contributed by atoms with Gasteiger partial charge in [-0.15, -0.1) is 10.2 Å². The highest BCUT2D eigenvalue weighted by atomic mass is 32.2. The molecule has 0 saturated carbocycles. The molecule has 2 aromatic heterocycles. The van der Waals surface area contributed by atoms with Crippen LogP contribution in [0.25, 0.3) is 23.2 Å². The van der Waals surface area contributed by atoms with E-state index in [1.807, 2.05) is 41.0 Å². The van der Waals surface area contributed by atoms with Crippen molar-refractivity contribution in [1.82, 2.24) is 20.2 Å². The summed E-state index contributed by atoms with van der Waals surface area (Å²) in [5.41, 5.74) is 4.03. The zero-order valence-electron chi connectivity index (χ0n) is 20.5. The molecule has 2 aromatic carbocycles. The number of hydrazone groups is 1. The maximum Gasteiger partial charge on any atom is 0.250 e. The molecule has 0 aliphatic carbocycles. The normalized spacial score (nSPS) is 11.2. The smallest absolute Gasteiger partial charge is 0.250 e. The fourth-order valence-electron chi connectivity index (χ4n) is 3.41. The van der Waals surface area contributed by atoms with Crippen molar-refractivity contribution in [2.75, 3.05) is 27.1 Å². The van der Waals surface area contributed by atoms with E-state index in [9.17, 15) is 4.79 Å². The molecule has 4 rings (SSSR count). The first-order chi connectivity index (χ1) is 18.1. The summed E-state index contributed by atoms with van der Waals surface area (Å²) >= 11 is 1.24. The van der Waals surface area contributed by atoms with E-state index in [1.165, 1.54) is 18.0 Å². The van der Waals surface area contributed by atoms with E-state index in [-0.39, 0.29) is 11.7 Å². The molecule has 0 fully saturated rings. The molecular formula is C26H25N5O5S. The molecule has 0 spiro atoms. The van der Waals surface area contributed by atoms with E-state index in [1.54, 1.807) is 57.9 Å². The number of benzene rings is 2. The number of hydrogen-bond donors (Lipinski definition) is 1. The number of nitrogens with one attached hydrogen (secondary N) is 1. The van der Waals surface area contributed by atoms with E-state index in [2.05, 4.69) is 20.7 Å². The lowest BCUT2D eigenvalue weighted by atomic mass is 10.1. The molecule has 0 saturated heterocycles. The number of furan rings is 1. The van der Waals surface area contributed by atoms with Gasteiger partial charge < -0.3 is 18.6 Å². The highest BCUT2D eigenvalue weighted by molar-refractivity contribution is 7.99. The molecule has 0 aliphatic heterocycles. The molecular weight excluding hydrogens is 494 g/mol. The van der Waals surface area contributed by atoms with Crippen molar-refractivity contribution in [3.8, 4) is 34.3 Å². The molecule has 1 N–H and O–H groups in total. The molecule has 0 aliphatic rings. The molecule has 190 valence electrons. The fourth-order valence-corrected chi connectivity index (χ4v) is 4.15. The van der Waals surface area contributed by atoms with E-state index < -0.39 is 0 Å². The summed E-state index contributed by atoms with van der Waals surface area (Å²) in [5.74, 6) is 2.50. The summed E-state index contributed by atoms with van der Waals surface area (Å²) in [6, 6.07) is 16.8. The maximum absolute atomic E-state index is 12.4. The Hall–Kier alpha value is -4.51. The van der Waals surface area contributed by atoms with Crippen LogP contribution in [0.2, 0.25) is 0 Å². The van der Waals surface area contributed by atoms with Gasteiger partial charge in [-0.25, -0.2) is 5.43 Å². The largest absolute Gasteiger partial charge is 0.493 e. The third-order valence-electron chi connectivity index (χ3n) is 5.06. The second-order valence-electron chi connectivity index (χ2n) is 7.37. The zero-order valence-corrected chi connectivity index (χ0v) is 21.3. The number of para-hydroxylation sites is 1. The van der Waals surface area contributed by atoms with Gasteiger partial charge in [0.15, 0.2) is 22.5 Å². The molecule has 0 atom stereocenters. The molecule has 1 amide bonds. The number of thioether (sulfide) groups is 1. The van der Waals surface area contributed by atoms with Crippen LogP contribution in [-0.4, -0.2) is 54.0 Å². The number of rotatable bonds is 11. The van der Waals surface area contributed by atoms with Gasteiger partial charge in [-0.05, 0) is 48.6 Å². The summed E-state index contributed by atoms with van der Waals surface area (Å²) in [6.45, 7) is 0. The number of methoxy groups -OCH3 is 3. The Bertz CT molecular complexity index is 1360. The van der Waals surface area contributed by atoms with Crippen molar-refractivity contribution >= 4 is 30.0 Å². The number of amides is 1. The first kappa shape index (κ1) is 25.6. The van der Waals surface area contributed by atoms with Gasteiger partial charge in [-0.2, -0.15) is 5.10 Å². The second-order valence-corrected chi connectivity index (χ2v) is 8.31. The standard InChI is InChI=1S/C26H25N5O5S/c1-33-21-15-18(16-22(34-2)24(21)35-3)25-29-30-26(31(25)19-9-5-4-6-10-19)37-17-23(32)28-27-13-7-11-20-12-8-14-36-20/h4-16H,17H2,1-3H3,(H,28,32)/b11-7-,27-13+. The van der Waals surface area contributed by atoms with Crippen LogP contribution in [-0.2, 0) is 4.79 Å². The van der Waals surface area contributed by atoms with Crippen LogP contribution >= 0.6 is 11.8 Å². The SMILES string of the molecule is COc1cc(-c2nnc(SCC(=O)N/N=C/C=C\c3ccco3)n2-c2ccccc2)cc(OC)c1OC. The quantitative estimate of drug-likeness (QED) is 0.176. The number of carbonyl (C=O) groups excluding carboxylic acids is 1. The molecule has 0 bridgehead atoms. The topological polar surface area (TPSA) is 113 Å². The van der Waals surface area contributed by atoms with Gasteiger partial charge >= 0.3 is 0 Å². The summed E-state index contributed by atoms with van der Waals surface area (Å²) in [6.07, 6.45) is 6.45. The van der Waals surface area contributed by atoms with Gasteiger partial charge in [-0.3, -0.25) is 9.36 Å². The van der Waals surface area contributed by atoms with Crippen molar-refractivity contribution in [2.45, 2.75) is 5.16 Å². The minimum absolute atomic E-state index is 0.0828. The fraction of sp³-hybridized carbons (Fsp3) is 0.154. The van der Waals surface area contributed by atoms with Crippen LogP contribution in [0.4, 0.5) is 0 Å². The molecule has 2 heterocycles. The van der Waals surface area contributed by atoms with Crippen molar-refractivity contribution in [3.63, 3.8) is 0 Å². The highest BCUT2D eigenvalue weighted by Gasteiger charge is 2.21. The van der Waals surface area contributed by atoms with Crippen molar-refractivity contribution < 1.29 is 23.4 Å². The third kappa shape index (κ3) is 6.19. The van der Waals surface area contributed by atoms with Gasteiger partial charge in [0.2, 0.25) is 5.75 Å². The average molecular weight is 520 g/mol. The average Bonchev–Trinajstić information content (AvgIpc) is 3.61. The molecule has 4 aromatic rings. The van der Waals surface area contributed by atoms with Crippen molar-refractivity contribution in [1.29, 1.82) is 0 Å². The molecule has 37 heavy (non-hydrogen) atoms. The van der Waals surface area contributed by atoms with Gasteiger partial charge in [-0.1, -0.05) is 30.0 Å². The van der Waals surface area contributed by atoms with Crippen LogP contribution < -0.4 is 19.6 Å². The zero-order chi connectivity index (χ0) is 26.0. The predicted octanol–water partition coefficient (Wildman–Crippen LogP) is 4.46. The number of ether oxygens (including phenoxy) is 3. The first-order valence-electron chi connectivity index (χ1n) is 11.1. The first-order valence-corrected chi connectivity index (χ1v) is 12.1. The Balaban J connectivity index is 1.55. The minimum atomic E-state index is -0.287. The van der Waals surface area contributed by atoms with Crippen molar-refractivity contribution in [2.24, 2.45) is 5.10 Å².